The third-order valence-electron chi connectivity index (χ3n) is 3.72. The van der Waals surface area contributed by atoms with Crippen LogP contribution in [0, 0.1) is 0 Å². The fourth-order valence-corrected chi connectivity index (χ4v) is 2.61. The molecule has 4 nitrogen and oxygen atoms in total. The number of nitrogens with zero attached hydrogens (tertiary/aromatic N) is 2. The predicted octanol–water partition coefficient (Wildman–Crippen LogP) is 1.20. The smallest absolute Gasteiger partial charge is 0.142 e. The summed E-state index contributed by atoms with van der Waals surface area (Å²) in [6.07, 6.45) is 0. The molecule has 2 atom stereocenters. The Balaban J connectivity index is 2.26. The van der Waals surface area contributed by atoms with Crippen molar-refractivity contribution in [2.75, 3.05) is 38.8 Å². The lowest BCUT2D eigenvalue weighted by atomic mass is 10.1. The molecule has 0 aromatic heterocycles. The van der Waals surface area contributed by atoms with Crippen molar-refractivity contribution in [3.8, 4) is 5.75 Å². The third kappa shape index (κ3) is 2.44. The maximum absolute atomic E-state index is 9.44. The summed E-state index contributed by atoms with van der Waals surface area (Å²) in [7, 11) is 3.76. The minimum Gasteiger partial charge on any atom is -0.495 e. The molecule has 1 N–H and O–H groups in total. The molecule has 1 saturated heterocycles. The molecule has 1 aliphatic rings. The van der Waals surface area contributed by atoms with Gasteiger partial charge in [0, 0.05) is 19.1 Å². The fourth-order valence-electron chi connectivity index (χ4n) is 2.61. The Kier molecular flexibility index (Phi) is 4.09. The summed E-state index contributed by atoms with van der Waals surface area (Å²) in [5.41, 5.74) is 1.11. The molecule has 1 aliphatic heterocycles. The van der Waals surface area contributed by atoms with Gasteiger partial charge in [-0.25, -0.2) is 0 Å². The van der Waals surface area contributed by atoms with Crippen molar-refractivity contribution in [1.82, 2.24) is 4.90 Å². The lowest BCUT2D eigenvalue weighted by molar-refractivity contribution is 0.121. The van der Waals surface area contributed by atoms with Crippen LogP contribution in [-0.4, -0.2) is 55.9 Å². The van der Waals surface area contributed by atoms with Crippen molar-refractivity contribution in [3.05, 3.63) is 24.3 Å². The molecule has 2 rings (SSSR count). The van der Waals surface area contributed by atoms with Crippen molar-refractivity contribution in [1.29, 1.82) is 0 Å². The molecule has 1 fully saturated rings. The van der Waals surface area contributed by atoms with Gasteiger partial charge in [0.25, 0.3) is 0 Å². The Bertz CT molecular complexity index is 397. The van der Waals surface area contributed by atoms with E-state index in [0.29, 0.717) is 6.04 Å². The van der Waals surface area contributed by atoms with E-state index in [1.165, 1.54) is 0 Å². The monoisotopic (exact) mass is 250 g/mol. The number of methoxy groups -OCH3 is 1. The van der Waals surface area contributed by atoms with E-state index in [2.05, 4.69) is 29.8 Å². The van der Waals surface area contributed by atoms with Gasteiger partial charge in [0.2, 0.25) is 0 Å². The van der Waals surface area contributed by atoms with E-state index in [-0.39, 0.29) is 12.6 Å². The van der Waals surface area contributed by atoms with Crippen molar-refractivity contribution < 1.29 is 9.84 Å². The van der Waals surface area contributed by atoms with Crippen LogP contribution in [0.2, 0.25) is 0 Å². The highest BCUT2D eigenvalue weighted by molar-refractivity contribution is 5.59. The summed E-state index contributed by atoms with van der Waals surface area (Å²) in [5.74, 6) is 0.894. The summed E-state index contributed by atoms with van der Waals surface area (Å²) in [6, 6.07) is 8.66. The second-order valence-electron chi connectivity index (χ2n) is 4.95. The van der Waals surface area contributed by atoms with E-state index in [0.717, 1.165) is 24.5 Å². The molecule has 100 valence electrons. The number of hydrogen-bond acceptors (Lipinski definition) is 4. The van der Waals surface area contributed by atoms with Crippen LogP contribution in [0.5, 0.6) is 5.75 Å². The van der Waals surface area contributed by atoms with Crippen LogP contribution < -0.4 is 9.64 Å². The SMILES string of the molecule is COc1ccccc1N1CC(CO)N(C)CC1C. The van der Waals surface area contributed by atoms with Crippen LogP contribution in [0.15, 0.2) is 24.3 Å². The number of para-hydroxylation sites is 2. The zero-order valence-corrected chi connectivity index (χ0v) is 11.3. The fraction of sp³-hybridized carbons (Fsp3) is 0.571. The Morgan fingerprint density at radius 3 is 2.72 bits per heavy atom. The van der Waals surface area contributed by atoms with Crippen molar-refractivity contribution in [2.45, 2.75) is 19.0 Å². The van der Waals surface area contributed by atoms with Crippen LogP contribution in [-0.2, 0) is 0 Å². The Hall–Kier alpha value is -1.26. The number of aliphatic hydroxyl groups excluding tert-OH is 1. The zero-order chi connectivity index (χ0) is 13.1. The predicted molar refractivity (Wildman–Crippen MR) is 73.3 cm³/mol. The Morgan fingerprint density at radius 1 is 1.33 bits per heavy atom. The standard InChI is InChI=1S/C14H22N2O2/c1-11-8-15(2)12(10-17)9-16(11)13-6-4-5-7-14(13)18-3/h4-7,11-12,17H,8-10H2,1-3H3. The van der Waals surface area contributed by atoms with E-state index in [1.54, 1.807) is 7.11 Å². The van der Waals surface area contributed by atoms with Crippen molar-refractivity contribution in [3.63, 3.8) is 0 Å². The minimum atomic E-state index is 0.186. The lowest BCUT2D eigenvalue weighted by Gasteiger charge is -2.44. The molecular formula is C14H22N2O2. The number of piperazine rings is 1. The largest absolute Gasteiger partial charge is 0.495 e. The van der Waals surface area contributed by atoms with E-state index in [9.17, 15) is 5.11 Å². The molecule has 1 aromatic carbocycles. The van der Waals surface area contributed by atoms with Crippen LogP contribution in [0.3, 0.4) is 0 Å². The first-order chi connectivity index (χ1) is 8.67. The quantitative estimate of drug-likeness (QED) is 0.874. The van der Waals surface area contributed by atoms with Crippen molar-refractivity contribution >= 4 is 5.69 Å². The molecule has 0 bridgehead atoms. The van der Waals surface area contributed by atoms with Gasteiger partial charge in [-0.05, 0) is 26.1 Å². The number of ether oxygens (including phenoxy) is 1. The summed E-state index contributed by atoms with van der Waals surface area (Å²) in [6.45, 7) is 4.17. The molecule has 2 unspecified atom stereocenters. The molecule has 1 aromatic rings. The summed E-state index contributed by atoms with van der Waals surface area (Å²) < 4.78 is 5.42. The molecular weight excluding hydrogens is 228 g/mol. The molecule has 4 heteroatoms. The maximum Gasteiger partial charge on any atom is 0.142 e. The molecule has 18 heavy (non-hydrogen) atoms. The molecule has 0 aliphatic carbocycles. The molecule has 0 amide bonds. The number of hydrogen-bond donors (Lipinski definition) is 1. The maximum atomic E-state index is 9.44. The number of rotatable bonds is 3. The van der Waals surface area contributed by atoms with Gasteiger partial charge in [-0.2, -0.15) is 0 Å². The normalized spacial score (nSPS) is 25.2. The number of anilines is 1. The van der Waals surface area contributed by atoms with Crippen LogP contribution >= 0.6 is 0 Å². The summed E-state index contributed by atoms with van der Waals surface area (Å²) in [4.78, 5) is 4.54. The molecule has 0 spiro atoms. The third-order valence-corrected chi connectivity index (χ3v) is 3.72. The first kappa shape index (κ1) is 13.2. The van der Waals surface area contributed by atoms with Crippen LogP contribution in [0.4, 0.5) is 5.69 Å². The van der Waals surface area contributed by atoms with Gasteiger partial charge in [-0.3, -0.25) is 4.90 Å². The first-order valence-electron chi connectivity index (χ1n) is 6.38. The van der Waals surface area contributed by atoms with Crippen LogP contribution in [0.25, 0.3) is 0 Å². The average molecular weight is 250 g/mol. The van der Waals surface area contributed by atoms with Gasteiger partial charge in [-0.1, -0.05) is 12.1 Å². The minimum absolute atomic E-state index is 0.186. The van der Waals surface area contributed by atoms with Gasteiger partial charge in [0.15, 0.2) is 0 Å². The molecule has 0 saturated carbocycles. The number of benzene rings is 1. The average Bonchev–Trinajstić information content (AvgIpc) is 2.39. The van der Waals surface area contributed by atoms with E-state index in [1.807, 2.05) is 18.2 Å². The van der Waals surface area contributed by atoms with Gasteiger partial charge >= 0.3 is 0 Å². The van der Waals surface area contributed by atoms with Gasteiger partial charge in [-0.15, -0.1) is 0 Å². The molecule has 0 radical (unpaired) electrons. The second-order valence-corrected chi connectivity index (χ2v) is 4.95. The van der Waals surface area contributed by atoms with Crippen LogP contribution in [0.1, 0.15) is 6.92 Å². The zero-order valence-electron chi connectivity index (χ0n) is 11.3. The highest BCUT2D eigenvalue weighted by Crippen LogP contribution is 2.31. The van der Waals surface area contributed by atoms with Gasteiger partial charge in [0.1, 0.15) is 5.75 Å². The topological polar surface area (TPSA) is 35.9 Å². The molecule has 1 heterocycles. The van der Waals surface area contributed by atoms with E-state index >= 15 is 0 Å². The van der Waals surface area contributed by atoms with Crippen molar-refractivity contribution in [2.24, 2.45) is 0 Å². The Morgan fingerprint density at radius 2 is 2.06 bits per heavy atom. The lowest BCUT2D eigenvalue weighted by Crippen LogP contribution is -2.57. The highest BCUT2D eigenvalue weighted by atomic mass is 16.5. The van der Waals surface area contributed by atoms with Gasteiger partial charge in [0.05, 0.1) is 25.4 Å². The first-order valence-corrected chi connectivity index (χ1v) is 6.38. The number of likely N-dealkylation sites (N-methyl/N-ethyl adjacent to an activating group) is 1. The Labute approximate surface area is 109 Å². The summed E-state index contributed by atoms with van der Waals surface area (Å²) in [5, 5.41) is 9.44. The number of aliphatic hydroxyl groups is 1. The summed E-state index contributed by atoms with van der Waals surface area (Å²) >= 11 is 0. The second kappa shape index (κ2) is 5.59. The van der Waals surface area contributed by atoms with Gasteiger partial charge < -0.3 is 14.7 Å². The highest BCUT2D eigenvalue weighted by Gasteiger charge is 2.30. The van der Waals surface area contributed by atoms with E-state index < -0.39 is 0 Å². The van der Waals surface area contributed by atoms with E-state index in [4.69, 9.17) is 4.74 Å².